The Bertz CT molecular complexity index is 634. The van der Waals surface area contributed by atoms with Gasteiger partial charge in [-0.15, -0.1) is 5.10 Å². The highest BCUT2D eigenvalue weighted by molar-refractivity contribution is 7.98. The van der Waals surface area contributed by atoms with E-state index in [4.69, 9.17) is 0 Å². The molecule has 0 amide bonds. The van der Waals surface area contributed by atoms with Crippen LogP contribution in [0.3, 0.4) is 0 Å². The number of hydrogen-bond donors (Lipinski definition) is 2. The molecule has 7 nitrogen and oxygen atoms in total. The van der Waals surface area contributed by atoms with Gasteiger partial charge in [-0.25, -0.2) is 9.89 Å². The standard InChI is InChI=1S/C10H10N4O3S/c1-6-2-3-7(4-8(6)14(16)17)5-18-10-11-9(15)12-13-10/h2-4H,5H2,1H3,(H2,11,12,13,15). The number of aryl methyl sites for hydroxylation is 1. The Labute approximate surface area is 106 Å². The van der Waals surface area contributed by atoms with E-state index in [0.717, 1.165) is 5.56 Å². The number of nitro groups is 1. The summed E-state index contributed by atoms with van der Waals surface area (Å²) in [5.41, 5.74) is 1.17. The molecule has 0 atom stereocenters. The number of thioether (sulfide) groups is 1. The minimum Gasteiger partial charge on any atom is -0.284 e. The fraction of sp³-hybridized carbons (Fsp3) is 0.200. The van der Waals surface area contributed by atoms with Gasteiger partial charge in [-0.1, -0.05) is 23.9 Å². The maximum atomic E-state index is 10.8. The number of nitro benzene ring substituents is 1. The van der Waals surface area contributed by atoms with Gasteiger partial charge >= 0.3 is 5.69 Å². The number of H-pyrrole nitrogens is 2. The minimum absolute atomic E-state index is 0.101. The zero-order valence-corrected chi connectivity index (χ0v) is 10.3. The maximum absolute atomic E-state index is 10.8. The number of aromatic amines is 2. The van der Waals surface area contributed by atoms with Crippen molar-refractivity contribution < 1.29 is 4.92 Å². The van der Waals surface area contributed by atoms with Crippen LogP contribution in [0.25, 0.3) is 0 Å². The second kappa shape index (κ2) is 5.05. The van der Waals surface area contributed by atoms with E-state index in [2.05, 4.69) is 15.2 Å². The van der Waals surface area contributed by atoms with Crippen LogP contribution in [0.1, 0.15) is 11.1 Å². The molecule has 1 aromatic carbocycles. The molecule has 0 unspecified atom stereocenters. The highest BCUT2D eigenvalue weighted by Gasteiger charge is 2.11. The van der Waals surface area contributed by atoms with Gasteiger partial charge in [0, 0.05) is 17.4 Å². The van der Waals surface area contributed by atoms with Gasteiger partial charge in [-0.05, 0) is 12.5 Å². The van der Waals surface area contributed by atoms with E-state index in [1.165, 1.54) is 17.8 Å². The summed E-state index contributed by atoms with van der Waals surface area (Å²) in [6.07, 6.45) is 0. The van der Waals surface area contributed by atoms with Crippen molar-refractivity contribution in [2.75, 3.05) is 0 Å². The Morgan fingerprint density at radius 1 is 1.50 bits per heavy atom. The van der Waals surface area contributed by atoms with Gasteiger partial charge in [0.2, 0.25) is 0 Å². The molecule has 2 N–H and O–H groups in total. The van der Waals surface area contributed by atoms with Crippen LogP contribution in [0.4, 0.5) is 5.69 Å². The molecule has 2 aromatic rings. The summed E-state index contributed by atoms with van der Waals surface area (Å²) in [5.74, 6) is 0.502. The highest BCUT2D eigenvalue weighted by Crippen LogP contribution is 2.23. The van der Waals surface area contributed by atoms with Crippen LogP contribution >= 0.6 is 11.8 Å². The number of rotatable bonds is 4. The molecule has 18 heavy (non-hydrogen) atoms. The molecule has 0 aliphatic heterocycles. The molecule has 0 saturated carbocycles. The van der Waals surface area contributed by atoms with Gasteiger partial charge in [0.1, 0.15) is 0 Å². The predicted molar refractivity (Wildman–Crippen MR) is 66.6 cm³/mol. The zero-order valence-electron chi connectivity index (χ0n) is 9.47. The summed E-state index contributed by atoms with van der Waals surface area (Å²) in [6, 6.07) is 5.06. The molecule has 1 heterocycles. The molecular weight excluding hydrogens is 256 g/mol. The van der Waals surface area contributed by atoms with Crippen LogP contribution in [-0.2, 0) is 5.75 Å². The van der Waals surface area contributed by atoms with Crippen LogP contribution < -0.4 is 5.69 Å². The Morgan fingerprint density at radius 3 is 2.89 bits per heavy atom. The SMILES string of the molecule is Cc1ccc(CSc2n[nH]c(=O)[nH]2)cc1[N+](=O)[O-]. The Hall–Kier alpha value is -2.09. The second-order valence-electron chi connectivity index (χ2n) is 3.65. The monoisotopic (exact) mass is 266 g/mol. The van der Waals surface area contributed by atoms with Crippen molar-refractivity contribution in [1.29, 1.82) is 0 Å². The number of nitrogens with zero attached hydrogens (tertiary/aromatic N) is 2. The van der Waals surface area contributed by atoms with Crippen molar-refractivity contribution in [2.24, 2.45) is 0 Å². The summed E-state index contributed by atoms with van der Waals surface area (Å²) < 4.78 is 0. The number of nitrogens with one attached hydrogen (secondary N) is 2. The topological polar surface area (TPSA) is 105 Å². The van der Waals surface area contributed by atoms with E-state index in [-0.39, 0.29) is 11.4 Å². The molecule has 0 fully saturated rings. The third-order valence-electron chi connectivity index (χ3n) is 2.33. The summed E-state index contributed by atoms with van der Waals surface area (Å²) in [6.45, 7) is 1.69. The number of hydrogen-bond acceptors (Lipinski definition) is 5. The highest BCUT2D eigenvalue weighted by atomic mass is 32.2. The third-order valence-corrected chi connectivity index (χ3v) is 3.27. The molecule has 8 heteroatoms. The molecule has 2 rings (SSSR count). The summed E-state index contributed by atoms with van der Waals surface area (Å²) >= 11 is 1.30. The molecule has 0 bridgehead atoms. The Kier molecular flexibility index (Phi) is 3.47. The first-order chi connectivity index (χ1) is 8.56. The lowest BCUT2D eigenvalue weighted by Gasteiger charge is -2.01. The lowest BCUT2D eigenvalue weighted by molar-refractivity contribution is -0.385. The minimum atomic E-state index is -0.403. The average Bonchev–Trinajstić information content (AvgIpc) is 2.74. The van der Waals surface area contributed by atoms with Crippen LogP contribution in [0.2, 0.25) is 0 Å². The summed E-state index contributed by atoms with van der Waals surface area (Å²) in [4.78, 5) is 23.7. The van der Waals surface area contributed by atoms with Gasteiger partial charge in [-0.2, -0.15) is 0 Å². The van der Waals surface area contributed by atoms with Gasteiger partial charge in [0.25, 0.3) is 5.69 Å². The van der Waals surface area contributed by atoms with E-state index < -0.39 is 4.92 Å². The maximum Gasteiger partial charge on any atom is 0.341 e. The first-order valence-electron chi connectivity index (χ1n) is 5.07. The van der Waals surface area contributed by atoms with Crippen molar-refractivity contribution in [2.45, 2.75) is 17.8 Å². The molecular formula is C10H10N4O3S. The van der Waals surface area contributed by atoms with E-state index >= 15 is 0 Å². The fourth-order valence-corrected chi connectivity index (χ4v) is 2.17. The van der Waals surface area contributed by atoms with E-state index in [0.29, 0.717) is 16.5 Å². The van der Waals surface area contributed by atoms with Crippen molar-refractivity contribution >= 4 is 17.4 Å². The van der Waals surface area contributed by atoms with Gasteiger partial charge in [0.05, 0.1) is 4.92 Å². The third kappa shape index (κ3) is 2.77. The normalized spacial score (nSPS) is 10.5. The van der Waals surface area contributed by atoms with Crippen molar-refractivity contribution in [3.63, 3.8) is 0 Å². The molecule has 0 saturated heterocycles. The van der Waals surface area contributed by atoms with Crippen LogP contribution in [0.5, 0.6) is 0 Å². The molecule has 94 valence electrons. The number of benzene rings is 1. The first-order valence-corrected chi connectivity index (χ1v) is 6.06. The van der Waals surface area contributed by atoms with Crippen molar-refractivity contribution in [3.8, 4) is 0 Å². The molecule has 0 spiro atoms. The fourth-order valence-electron chi connectivity index (χ4n) is 1.42. The largest absolute Gasteiger partial charge is 0.341 e. The molecule has 0 aliphatic carbocycles. The Morgan fingerprint density at radius 2 is 2.28 bits per heavy atom. The molecule has 0 aliphatic rings. The summed E-state index contributed by atoms with van der Waals surface area (Å²) in [7, 11) is 0. The summed E-state index contributed by atoms with van der Waals surface area (Å²) in [5, 5.41) is 17.2. The lowest BCUT2D eigenvalue weighted by Crippen LogP contribution is -2.00. The van der Waals surface area contributed by atoms with Crippen LogP contribution in [0, 0.1) is 17.0 Å². The predicted octanol–water partition coefficient (Wildman–Crippen LogP) is 1.61. The molecule has 1 aromatic heterocycles. The lowest BCUT2D eigenvalue weighted by atomic mass is 10.1. The van der Waals surface area contributed by atoms with Crippen LogP contribution in [-0.4, -0.2) is 20.1 Å². The quantitative estimate of drug-likeness (QED) is 0.497. The van der Waals surface area contributed by atoms with Gasteiger partial charge in [-0.3, -0.25) is 15.1 Å². The smallest absolute Gasteiger partial charge is 0.284 e. The van der Waals surface area contributed by atoms with Gasteiger partial charge < -0.3 is 0 Å². The average molecular weight is 266 g/mol. The van der Waals surface area contributed by atoms with E-state index in [1.54, 1.807) is 13.0 Å². The van der Waals surface area contributed by atoms with Crippen molar-refractivity contribution in [3.05, 3.63) is 49.9 Å². The van der Waals surface area contributed by atoms with E-state index in [9.17, 15) is 14.9 Å². The van der Waals surface area contributed by atoms with Crippen molar-refractivity contribution in [1.82, 2.24) is 15.2 Å². The molecule has 0 radical (unpaired) electrons. The zero-order chi connectivity index (χ0) is 13.1. The van der Waals surface area contributed by atoms with Gasteiger partial charge in [0.15, 0.2) is 5.16 Å². The van der Waals surface area contributed by atoms with E-state index in [1.807, 2.05) is 6.07 Å². The first kappa shape index (κ1) is 12.4. The number of aromatic nitrogens is 3. The Balaban J connectivity index is 2.12. The van der Waals surface area contributed by atoms with Crippen LogP contribution in [0.15, 0.2) is 28.2 Å². The second-order valence-corrected chi connectivity index (χ2v) is 4.61.